The van der Waals surface area contributed by atoms with Gasteiger partial charge in [-0.3, -0.25) is 9.36 Å². The molecule has 1 aliphatic heterocycles. The van der Waals surface area contributed by atoms with Gasteiger partial charge in [-0.2, -0.15) is 0 Å². The first-order chi connectivity index (χ1) is 10.3. The SMILES string of the molecule is COCc1ccn(-c2ccc(N3CCCC3)nc2)c(=O)c1. The van der Waals surface area contributed by atoms with Gasteiger partial charge in [0.25, 0.3) is 5.56 Å². The summed E-state index contributed by atoms with van der Waals surface area (Å²) in [5.74, 6) is 0.986. The Morgan fingerprint density at radius 2 is 2.05 bits per heavy atom. The molecule has 0 radical (unpaired) electrons. The van der Waals surface area contributed by atoms with Crippen LogP contribution in [0.25, 0.3) is 5.69 Å². The van der Waals surface area contributed by atoms with Gasteiger partial charge >= 0.3 is 0 Å². The van der Waals surface area contributed by atoms with Crippen molar-refractivity contribution in [2.75, 3.05) is 25.1 Å². The van der Waals surface area contributed by atoms with Crippen molar-refractivity contribution < 1.29 is 4.74 Å². The van der Waals surface area contributed by atoms with Crippen molar-refractivity contribution in [3.63, 3.8) is 0 Å². The van der Waals surface area contributed by atoms with Crippen molar-refractivity contribution in [1.29, 1.82) is 0 Å². The molecule has 0 N–H and O–H groups in total. The summed E-state index contributed by atoms with van der Waals surface area (Å²) in [5.41, 5.74) is 1.59. The highest BCUT2D eigenvalue weighted by atomic mass is 16.5. The molecule has 3 rings (SSSR count). The lowest BCUT2D eigenvalue weighted by Gasteiger charge is -2.16. The summed E-state index contributed by atoms with van der Waals surface area (Å²) in [7, 11) is 1.62. The number of anilines is 1. The lowest BCUT2D eigenvalue weighted by molar-refractivity contribution is 0.184. The Bertz CT molecular complexity index is 658. The highest BCUT2D eigenvalue weighted by Crippen LogP contribution is 2.18. The fourth-order valence-electron chi connectivity index (χ4n) is 2.64. The van der Waals surface area contributed by atoms with E-state index in [1.54, 1.807) is 30.1 Å². The van der Waals surface area contributed by atoms with Crippen LogP contribution >= 0.6 is 0 Å². The molecule has 0 aliphatic carbocycles. The molecule has 0 spiro atoms. The highest BCUT2D eigenvalue weighted by molar-refractivity contribution is 5.44. The second-order valence-corrected chi connectivity index (χ2v) is 5.24. The van der Waals surface area contributed by atoms with Gasteiger partial charge in [0.15, 0.2) is 0 Å². The van der Waals surface area contributed by atoms with Crippen LogP contribution in [0.2, 0.25) is 0 Å². The first kappa shape index (κ1) is 13.8. The second-order valence-electron chi connectivity index (χ2n) is 5.24. The van der Waals surface area contributed by atoms with E-state index < -0.39 is 0 Å². The maximum Gasteiger partial charge on any atom is 0.255 e. The lowest BCUT2D eigenvalue weighted by atomic mass is 10.2. The monoisotopic (exact) mass is 285 g/mol. The van der Waals surface area contributed by atoms with Crippen LogP contribution in [-0.2, 0) is 11.3 Å². The maximum atomic E-state index is 12.1. The molecule has 0 atom stereocenters. The third-order valence-electron chi connectivity index (χ3n) is 3.74. The molecule has 1 fully saturated rings. The van der Waals surface area contributed by atoms with Crippen molar-refractivity contribution in [3.05, 3.63) is 52.6 Å². The zero-order valence-corrected chi connectivity index (χ0v) is 12.2. The van der Waals surface area contributed by atoms with E-state index in [2.05, 4.69) is 9.88 Å². The number of aromatic nitrogens is 2. The first-order valence-electron chi connectivity index (χ1n) is 7.20. The van der Waals surface area contributed by atoms with Crippen molar-refractivity contribution in [2.24, 2.45) is 0 Å². The van der Waals surface area contributed by atoms with Gasteiger partial charge in [-0.05, 0) is 36.6 Å². The maximum absolute atomic E-state index is 12.1. The van der Waals surface area contributed by atoms with Gasteiger partial charge in [0.2, 0.25) is 0 Å². The number of nitrogens with zero attached hydrogens (tertiary/aromatic N) is 3. The van der Waals surface area contributed by atoms with Gasteiger partial charge in [0.1, 0.15) is 5.82 Å². The Balaban J connectivity index is 1.85. The molecule has 5 heteroatoms. The van der Waals surface area contributed by atoms with Crippen LogP contribution in [-0.4, -0.2) is 29.8 Å². The van der Waals surface area contributed by atoms with Gasteiger partial charge in [-0.15, -0.1) is 0 Å². The number of methoxy groups -OCH3 is 1. The molecule has 21 heavy (non-hydrogen) atoms. The number of hydrogen-bond donors (Lipinski definition) is 0. The Morgan fingerprint density at radius 3 is 2.67 bits per heavy atom. The summed E-state index contributed by atoms with van der Waals surface area (Å²) in [4.78, 5) is 18.9. The summed E-state index contributed by atoms with van der Waals surface area (Å²) in [5, 5.41) is 0. The van der Waals surface area contributed by atoms with Crippen LogP contribution in [0.3, 0.4) is 0 Å². The summed E-state index contributed by atoms with van der Waals surface area (Å²) in [6, 6.07) is 7.41. The highest BCUT2D eigenvalue weighted by Gasteiger charge is 2.13. The van der Waals surface area contributed by atoms with Crippen molar-refractivity contribution >= 4 is 5.82 Å². The molecule has 2 aromatic heterocycles. The van der Waals surface area contributed by atoms with E-state index in [9.17, 15) is 4.79 Å². The van der Waals surface area contributed by atoms with Crippen LogP contribution in [0.5, 0.6) is 0 Å². The average Bonchev–Trinajstić information content (AvgIpc) is 3.02. The fourth-order valence-corrected chi connectivity index (χ4v) is 2.64. The number of ether oxygens (including phenoxy) is 1. The third kappa shape index (κ3) is 2.97. The molecule has 0 aromatic carbocycles. The van der Waals surface area contributed by atoms with Crippen LogP contribution in [0.15, 0.2) is 41.5 Å². The molecular formula is C16H19N3O2. The van der Waals surface area contributed by atoms with Crippen LogP contribution < -0.4 is 10.5 Å². The molecule has 2 aromatic rings. The van der Waals surface area contributed by atoms with Gasteiger partial charge in [0, 0.05) is 32.5 Å². The van der Waals surface area contributed by atoms with Gasteiger partial charge < -0.3 is 9.64 Å². The van der Waals surface area contributed by atoms with Gasteiger partial charge in [-0.25, -0.2) is 4.98 Å². The van der Waals surface area contributed by atoms with E-state index in [4.69, 9.17) is 4.74 Å². The molecule has 3 heterocycles. The van der Waals surface area contributed by atoms with E-state index in [1.165, 1.54) is 12.8 Å². The lowest BCUT2D eigenvalue weighted by Crippen LogP contribution is -2.20. The third-order valence-corrected chi connectivity index (χ3v) is 3.74. The largest absolute Gasteiger partial charge is 0.380 e. The quantitative estimate of drug-likeness (QED) is 0.862. The Hall–Kier alpha value is -2.14. The van der Waals surface area contributed by atoms with E-state index in [0.717, 1.165) is 30.2 Å². The topological polar surface area (TPSA) is 47.4 Å². The minimum atomic E-state index is -0.0692. The normalized spacial score (nSPS) is 14.6. The Labute approximate surface area is 123 Å². The predicted octanol–water partition coefficient (Wildman–Crippen LogP) is 1.98. The molecule has 1 aliphatic rings. The summed E-state index contributed by atoms with van der Waals surface area (Å²) in [6.07, 6.45) is 5.97. The zero-order chi connectivity index (χ0) is 14.7. The number of pyridine rings is 2. The van der Waals surface area contributed by atoms with Gasteiger partial charge in [0.05, 0.1) is 18.5 Å². The standard InChI is InChI=1S/C16H19N3O2/c1-21-12-13-6-9-19(16(20)10-13)14-4-5-15(17-11-14)18-7-2-3-8-18/h4-6,9-11H,2-3,7-8,12H2,1H3. The minimum absolute atomic E-state index is 0.0692. The zero-order valence-electron chi connectivity index (χ0n) is 12.2. The van der Waals surface area contributed by atoms with Gasteiger partial charge in [-0.1, -0.05) is 0 Å². The second kappa shape index (κ2) is 6.10. The summed E-state index contributed by atoms with van der Waals surface area (Å²) < 4.78 is 6.63. The molecule has 0 unspecified atom stereocenters. The van der Waals surface area contributed by atoms with E-state index >= 15 is 0 Å². The van der Waals surface area contributed by atoms with Crippen molar-refractivity contribution in [3.8, 4) is 5.69 Å². The molecule has 110 valence electrons. The molecule has 0 bridgehead atoms. The Kier molecular flexibility index (Phi) is 4.01. The van der Waals surface area contributed by atoms with E-state index in [-0.39, 0.29) is 5.56 Å². The minimum Gasteiger partial charge on any atom is -0.380 e. The average molecular weight is 285 g/mol. The Morgan fingerprint density at radius 1 is 1.24 bits per heavy atom. The summed E-state index contributed by atoms with van der Waals surface area (Å²) >= 11 is 0. The fraction of sp³-hybridized carbons (Fsp3) is 0.375. The predicted molar refractivity (Wildman–Crippen MR) is 82.0 cm³/mol. The van der Waals surface area contributed by atoms with E-state index in [1.807, 2.05) is 18.2 Å². The molecule has 0 saturated carbocycles. The molecular weight excluding hydrogens is 266 g/mol. The summed E-state index contributed by atoms with van der Waals surface area (Å²) in [6.45, 7) is 2.58. The molecule has 5 nitrogen and oxygen atoms in total. The molecule has 1 saturated heterocycles. The molecule has 0 amide bonds. The van der Waals surface area contributed by atoms with Crippen LogP contribution in [0.1, 0.15) is 18.4 Å². The number of hydrogen-bond acceptors (Lipinski definition) is 4. The van der Waals surface area contributed by atoms with Crippen molar-refractivity contribution in [1.82, 2.24) is 9.55 Å². The van der Waals surface area contributed by atoms with Crippen LogP contribution in [0, 0.1) is 0 Å². The van der Waals surface area contributed by atoms with Crippen LogP contribution in [0.4, 0.5) is 5.82 Å². The smallest absolute Gasteiger partial charge is 0.255 e. The number of rotatable bonds is 4. The van der Waals surface area contributed by atoms with E-state index in [0.29, 0.717) is 6.61 Å². The first-order valence-corrected chi connectivity index (χ1v) is 7.20. The van der Waals surface area contributed by atoms with Crippen molar-refractivity contribution in [2.45, 2.75) is 19.4 Å².